The number of benzene rings is 3. The monoisotopic (exact) mass is 361 g/mol. The van der Waals surface area contributed by atoms with Crippen LogP contribution in [-0.4, -0.2) is 26.3 Å². The Morgan fingerprint density at radius 3 is 1.78 bits per heavy atom. The first-order valence-electron chi connectivity index (χ1n) is 9.09. The molecule has 0 radical (unpaired) electrons. The highest BCUT2D eigenvalue weighted by Crippen LogP contribution is 2.39. The largest absolute Gasteiger partial charge is 0.497 e. The molecule has 3 heteroatoms. The smallest absolute Gasteiger partial charge is 0.140 e. The molecular weight excluding hydrogens is 334 g/mol. The Labute approximate surface area is 161 Å². The van der Waals surface area contributed by atoms with Gasteiger partial charge in [0.15, 0.2) is 0 Å². The summed E-state index contributed by atoms with van der Waals surface area (Å²) in [6.45, 7) is 4.18. The van der Waals surface area contributed by atoms with Gasteiger partial charge in [-0.05, 0) is 53.8 Å². The lowest BCUT2D eigenvalue weighted by Gasteiger charge is -2.32. The summed E-state index contributed by atoms with van der Waals surface area (Å²) in [6, 6.07) is 21.6. The first kappa shape index (κ1) is 19.0. The van der Waals surface area contributed by atoms with Crippen LogP contribution in [0.15, 0.2) is 66.7 Å². The molecule has 0 heterocycles. The number of rotatable bonds is 5. The Balaban J connectivity index is 2.25. The summed E-state index contributed by atoms with van der Waals surface area (Å²) in [5, 5.41) is 12.0. The van der Waals surface area contributed by atoms with E-state index in [1.807, 2.05) is 68.7 Å². The van der Waals surface area contributed by atoms with Crippen molar-refractivity contribution in [2.45, 2.75) is 19.4 Å². The van der Waals surface area contributed by atoms with Crippen molar-refractivity contribution in [2.75, 3.05) is 26.1 Å². The number of methoxy groups -OCH3 is 1. The summed E-state index contributed by atoms with van der Waals surface area (Å²) >= 11 is 0. The Kier molecular flexibility index (Phi) is 5.24. The molecule has 0 bridgehead atoms. The van der Waals surface area contributed by atoms with E-state index in [-0.39, 0.29) is 0 Å². The highest BCUT2D eigenvalue weighted by Gasteiger charge is 2.34. The minimum absolute atomic E-state index is 0.768. The van der Waals surface area contributed by atoms with Crippen molar-refractivity contribution in [3.8, 4) is 5.75 Å². The van der Waals surface area contributed by atoms with Crippen LogP contribution in [0, 0.1) is 13.8 Å². The summed E-state index contributed by atoms with van der Waals surface area (Å²) in [4.78, 5) is 2.11. The van der Waals surface area contributed by atoms with E-state index in [1.165, 1.54) is 5.69 Å². The molecule has 0 aliphatic rings. The molecular formula is C24H27NO2. The van der Waals surface area contributed by atoms with Gasteiger partial charge in [0.1, 0.15) is 11.4 Å². The van der Waals surface area contributed by atoms with Crippen molar-refractivity contribution in [3.63, 3.8) is 0 Å². The van der Waals surface area contributed by atoms with Crippen LogP contribution < -0.4 is 9.64 Å². The molecule has 0 aliphatic heterocycles. The number of nitrogens with zero attached hydrogens (tertiary/aromatic N) is 1. The molecule has 0 aromatic heterocycles. The third kappa shape index (κ3) is 3.43. The second-order valence-electron chi connectivity index (χ2n) is 7.16. The Bertz CT molecular complexity index is 894. The summed E-state index contributed by atoms with van der Waals surface area (Å²) in [7, 11) is 5.73. The van der Waals surface area contributed by atoms with Crippen LogP contribution in [0.4, 0.5) is 5.69 Å². The maximum atomic E-state index is 12.0. The SMILES string of the molecule is COc1ccc(C(O)(c2ccccc2)c2cc(C)c(N(C)C)c(C)c2)cc1. The third-order valence-corrected chi connectivity index (χ3v) is 5.06. The van der Waals surface area contributed by atoms with Crippen molar-refractivity contribution in [1.29, 1.82) is 0 Å². The topological polar surface area (TPSA) is 32.7 Å². The van der Waals surface area contributed by atoms with Crippen molar-refractivity contribution in [3.05, 3.63) is 94.5 Å². The van der Waals surface area contributed by atoms with E-state index in [4.69, 9.17) is 4.74 Å². The van der Waals surface area contributed by atoms with Crippen molar-refractivity contribution < 1.29 is 9.84 Å². The van der Waals surface area contributed by atoms with Gasteiger partial charge in [0.25, 0.3) is 0 Å². The molecule has 0 saturated heterocycles. The van der Waals surface area contributed by atoms with E-state index < -0.39 is 5.60 Å². The number of aryl methyl sites for hydroxylation is 2. The second-order valence-corrected chi connectivity index (χ2v) is 7.16. The summed E-state index contributed by atoms with van der Waals surface area (Å²) in [5.74, 6) is 0.768. The highest BCUT2D eigenvalue weighted by atomic mass is 16.5. The van der Waals surface area contributed by atoms with Crippen LogP contribution >= 0.6 is 0 Å². The van der Waals surface area contributed by atoms with E-state index >= 15 is 0 Å². The zero-order chi connectivity index (χ0) is 19.6. The number of hydrogen-bond donors (Lipinski definition) is 1. The molecule has 0 fully saturated rings. The predicted octanol–water partition coefficient (Wildman–Crippen LogP) is 4.66. The average molecular weight is 361 g/mol. The van der Waals surface area contributed by atoms with Crippen LogP contribution in [0.5, 0.6) is 5.75 Å². The molecule has 1 N–H and O–H groups in total. The molecule has 27 heavy (non-hydrogen) atoms. The van der Waals surface area contributed by atoms with E-state index in [9.17, 15) is 5.11 Å². The molecule has 0 saturated carbocycles. The van der Waals surface area contributed by atoms with Gasteiger partial charge in [0.2, 0.25) is 0 Å². The van der Waals surface area contributed by atoms with Crippen molar-refractivity contribution in [1.82, 2.24) is 0 Å². The minimum Gasteiger partial charge on any atom is -0.497 e. The lowest BCUT2D eigenvalue weighted by atomic mass is 9.79. The van der Waals surface area contributed by atoms with Gasteiger partial charge < -0.3 is 14.7 Å². The maximum Gasteiger partial charge on any atom is 0.140 e. The lowest BCUT2D eigenvalue weighted by molar-refractivity contribution is 0.125. The highest BCUT2D eigenvalue weighted by molar-refractivity contribution is 5.62. The summed E-state index contributed by atoms with van der Waals surface area (Å²) in [5.41, 5.74) is 4.73. The fraction of sp³-hybridized carbons (Fsp3) is 0.250. The normalized spacial score (nSPS) is 13.1. The summed E-state index contributed by atoms with van der Waals surface area (Å²) < 4.78 is 5.29. The van der Waals surface area contributed by atoms with Crippen LogP contribution in [-0.2, 0) is 5.60 Å². The number of aliphatic hydroxyl groups is 1. The molecule has 1 atom stereocenters. The number of hydrogen-bond acceptors (Lipinski definition) is 3. The van der Waals surface area contributed by atoms with Gasteiger partial charge in [-0.15, -0.1) is 0 Å². The second kappa shape index (κ2) is 7.45. The van der Waals surface area contributed by atoms with Gasteiger partial charge in [0.05, 0.1) is 7.11 Å². The average Bonchev–Trinajstić information content (AvgIpc) is 2.67. The molecule has 3 nitrogen and oxygen atoms in total. The molecule has 0 amide bonds. The van der Waals surface area contributed by atoms with E-state index in [1.54, 1.807) is 7.11 Å². The molecule has 140 valence electrons. The van der Waals surface area contributed by atoms with E-state index in [2.05, 4.69) is 30.9 Å². The molecule has 1 unspecified atom stereocenters. The quantitative estimate of drug-likeness (QED) is 0.671. The Morgan fingerprint density at radius 1 is 0.778 bits per heavy atom. The van der Waals surface area contributed by atoms with Crippen LogP contribution in [0.1, 0.15) is 27.8 Å². The van der Waals surface area contributed by atoms with Crippen LogP contribution in [0.3, 0.4) is 0 Å². The maximum absolute atomic E-state index is 12.0. The Morgan fingerprint density at radius 2 is 1.30 bits per heavy atom. The van der Waals surface area contributed by atoms with E-state index in [0.717, 1.165) is 33.6 Å². The minimum atomic E-state index is -1.24. The number of ether oxygens (including phenoxy) is 1. The van der Waals surface area contributed by atoms with Gasteiger partial charge in [0, 0.05) is 19.8 Å². The summed E-state index contributed by atoms with van der Waals surface area (Å²) in [6.07, 6.45) is 0. The standard InChI is InChI=1S/C24H27NO2/c1-17-15-21(16-18(2)23(17)25(3)4)24(26,19-9-7-6-8-10-19)20-11-13-22(27-5)14-12-20/h6-16,26H,1-5H3. The van der Waals surface area contributed by atoms with Gasteiger partial charge in [-0.3, -0.25) is 0 Å². The first-order chi connectivity index (χ1) is 12.9. The molecule has 0 aliphatic carbocycles. The zero-order valence-corrected chi connectivity index (χ0v) is 16.7. The van der Waals surface area contributed by atoms with Gasteiger partial charge in [-0.25, -0.2) is 0 Å². The number of anilines is 1. The zero-order valence-electron chi connectivity index (χ0n) is 16.7. The third-order valence-electron chi connectivity index (χ3n) is 5.06. The molecule has 3 aromatic rings. The van der Waals surface area contributed by atoms with E-state index in [0.29, 0.717) is 0 Å². The van der Waals surface area contributed by atoms with Crippen molar-refractivity contribution in [2.24, 2.45) is 0 Å². The van der Waals surface area contributed by atoms with Crippen LogP contribution in [0.2, 0.25) is 0 Å². The van der Waals surface area contributed by atoms with Crippen molar-refractivity contribution >= 4 is 5.69 Å². The first-order valence-corrected chi connectivity index (χ1v) is 9.09. The molecule has 0 spiro atoms. The predicted molar refractivity (Wildman–Crippen MR) is 112 cm³/mol. The Hall–Kier alpha value is -2.78. The van der Waals surface area contributed by atoms with Gasteiger partial charge in [-0.2, -0.15) is 0 Å². The molecule has 3 rings (SSSR count). The van der Waals surface area contributed by atoms with Crippen LogP contribution in [0.25, 0.3) is 0 Å². The van der Waals surface area contributed by atoms with Gasteiger partial charge in [-0.1, -0.05) is 54.6 Å². The lowest BCUT2D eigenvalue weighted by Crippen LogP contribution is -2.29. The van der Waals surface area contributed by atoms with Gasteiger partial charge >= 0.3 is 0 Å². The molecule has 3 aromatic carbocycles. The fourth-order valence-corrected chi connectivity index (χ4v) is 3.88. The fourth-order valence-electron chi connectivity index (χ4n) is 3.88.